The molecule has 3 nitrogen and oxygen atoms in total. The van der Waals surface area contributed by atoms with Crippen LogP contribution in [0.3, 0.4) is 0 Å². The summed E-state index contributed by atoms with van der Waals surface area (Å²) in [6.45, 7) is 2.39. The Labute approximate surface area is 127 Å². The molecule has 0 N–H and O–H groups in total. The summed E-state index contributed by atoms with van der Waals surface area (Å²) in [4.78, 5) is 22.7. The maximum absolute atomic E-state index is 12.2. The molecule has 0 saturated heterocycles. The fourth-order valence-corrected chi connectivity index (χ4v) is 1.88. The Bertz CT molecular complexity index is 492. The van der Waals surface area contributed by atoms with Crippen LogP contribution in [0.2, 0.25) is 0 Å². The maximum atomic E-state index is 12.2. The largest absolute Gasteiger partial charge is 0.462 e. The van der Waals surface area contributed by atoms with Gasteiger partial charge in [0.25, 0.3) is 5.78 Å². The number of Topliss-reactive ketones (excluding diaryl/α,β-unsaturated/α-hetero) is 1. The Balaban J connectivity index is 2.46. The van der Waals surface area contributed by atoms with E-state index >= 15 is 0 Å². The van der Waals surface area contributed by atoms with Crippen LogP contribution in [-0.2, 0) is 4.74 Å². The highest BCUT2D eigenvalue weighted by molar-refractivity contribution is 6.01. The van der Waals surface area contributed by atoms with Gasteiger partial charge in [-0.05, 0) is 18.6 Å². The zero-order chi connectivity index (χ0) is 16.6. The van der Waals surface area contributed by atoms with Crippen LogP contribution in [0, 0.1) is 0 Å². The fraction of sp³-hybridized carbons (Fsp3) is 0.500. The standard InChI is InChI=1S/C16H19F3O3/c1-2-3-4-5-6-11-22-15(21)13-9-7-12(8-10-13)14(20)16(17,18)19/h7-10H,2-6,11H2,1H3. The predicted molar refractivity (Wildman–Crippen MR) is 75.9 cm³/mol. The smallest absolute Gasteiger partial charge is 0.454 e. The third-order valence-corrected chi connectivity index (χ3v) is 3.12. The van der Waals surface area contributed by atoms with Crippen LogP contribution in [0.5, 0.6) is 0 Å². The van der Waals surface area contributed by atoms with Gasteiger partial charge in [0.1, 0.15) is 0 Å². The number of ether oxygens (including phenoxy) is 1. The van der Waals surface area contributed by atoms with Crippen molar-refractivity contribution in [2.75, 3.05) is 6.61 Å². The van der Waals surface area contributed by atoms with E-state index in [-0.39, 0.29) is 12.2 Å². The molecule has 0 heterocycles. The molecule has 0 aliphatic heterocycles. The van der Waals surface area contributed by atoms with Crippen LogP contribution >= 0.6 is 0 Å². The van der Waals surface area contributed by atoms with E-state index in [9.17, 15) is 22.8 Å². The number of alkyl halides is 3. The normalized spacial score (nSPS) is 11.3. The third-order valence-electron chi connectivity index (χ3n) is 3.12. The van der Waals surface area contributed by atoms with Crippen LogP contribution in [-0.4, -0.2) is 24.5 Å². The first kappa shape index (κ1) is 18.2. The van der Waals surface area contributed by atoms with Gasteiger partial charge >= 0.3 is 12.1 Å². The van der Waals surface area contributed by atoms with E-state index in [1.54, 1.807) is 0 Å². The SMILES string of the molecule is CCCCCCCOC(=O)c1ccc(C(=O)C(F)(F)F)cc1. The number of carbonyl (C=O) groups excluding carboxylic acids is 2. The lowest BCUT2D eigenvalue weighted by Crippen LogP contribution is -2.22. The number of benzene rings is 1. The Hall–Kier alpha value is -1.85. The van der Waals surface area contributed by atoms with Crippen LogP contribution < -0.4 is 0 Å². The molecule has 0 unspecified atom stereocenters. The molecular weight excluding hydrogens is 297 g/mol. The van der Waals surface area contributed by atoms with Gasteiger partial charge in [0.05, 0.1) is 12.2 Å². The van der Waals surface area contributed by atoms with Gasteiger partial charge in [-0.25, -0.2) is 4.79 Å². The minimum absolute atomic E-state index is 0.132. The summed E-state index contributed by atoms with van der Waals surface area (Å²) in [5, 5.41) is 0. The summed E-state index contributed by atoms with van der Waals surface area (Å²) >= 11 is 0. The van der Waals surface area contributed by atoms with Gasteiger partial charge < -0.3 is 4.74 Å². The molecule has 1 aromatic carbocycles. The van der Waals surface area contributed by atoms with Crippen LogP contribution in [0.4, 0.5) is 13.2 Å². The minimum atomic E-state index is -4.92. The molecule has 6 heteroatoms. The van der Waals surface area contributed by atoms with Crippen molar-refractivity contribution in [2.45, 2.75) is 45.2 Å². The third kappa shape index (κ3) is 5.87. The van der Waals surface area contributed by atoms with Crippen LogP contribution in [0.1, 0.15) is 59.7 Å². The number of esters is 1. The molecule has 0 radical (unpaired) electrons. The second-order valence-electron chi connectivity index (χ2n) is 4.95. The Morgan fingerprint density at radius 3 is 2.05 bits per heavy atom. The summed E-state index contributed by atoms with van der Waals surface area (Å²) in [6.07, 6.45) is 0.171. The van der Waals surface area contributed by atoms with E-state index in [1.165, 1.54) is 12.1 Å². The molecule has 22 heavy (non-hydrogen) atoms. The number of halogens is 3. The van der Waals surface area contributed by atoms with Crippen molar-refractivity contribution in [3.05, 3.63) is 35.4 Å². The summed E-state index contributed by atoms with van der Waals surface area (Å²) in [7, 11) is 0. The quantitative estimate of drug-likeness (QED) is 0.401. The highest BCUT2D eigenvalue weighted by atomic mass is 19.4. The molecule has 1 rings (SSSR count). The summed E-state index contributed by atoms with van der Waals surface area (Å²) in [6, 6.07) is 4.29. The monoisotopic (exact) mass is 316 g/mol. The zero-order valence-electron chi connectivity index (χ0n) is 12.4. The Morgan fingerprint density at radius 2 is 1.50 bits per heavy atom. The molecule has 0 atom stereocenters. The second-order valence-corrected chi connectivity index (χ2v) is 4.95. The first-order valence-electron chi connectivity index (χ1n) is 7.25. The van der Waals surface area contributed by atoms with Gasteiger partial charge in [-0.2, -0.15) is 13.2 Å². The summed E-state index contributed by atoms with van der Waals surface area (Å²) in [5.41, 5.74) is -0.365. The first-order valence-corrected chi connectivity index (χ1v) is 7.25. The number of carbonyl (C=O) groups is 2. The predicted octanol–water partition coefficient (Wildman–Crippen LogP) is 4.56. The molecule has 0 spiro atoms. The Morgan fingerprint density at radius 1 is 0.955 bits per heavy atom. The van der Waals surface area contributed by atoms with Gasteiger partial charge in [-0.1, -0.05) is 44.7 Å². The van der Waals surface area contributed by atoms with Crippen molar-refractivity contribution in [1.82, 2.24) is 0 Å². The molecule has 0 bridgehead atoms. The van der Waals surface area contributed by atoms with E-state index in [2.05, 4.69) is 6.92 Å². The van der Waals surface area contributed by atoms with Crippen molar-refractivity contribution in [2.24, 2.45) is 0 Å². The van der Waals surface area contributed by atoms with Crippen molar-refractivity contribution in [1.29, 1.82) is 0 Å². The zero-order valence-corrected chi connectivity index (χ0v) is 12.4. The topological polar surface area (TPSA) is 43.4 Å². The van der Waals surface area contributed by atoms with Crippen molar-refractivity contribution in [3.8, 4) is 0 Å². The lowest BCUT2D eigenvalue weighted by Gasteiger charge is -2.07. The van der Waals surface area contributed by atoms with Crippen LogP contribution in [0.25, 0.3) is 0 Å². The molecule has 0 aromatic heterocycles. The first-order chi connectivity index (χ1) is 10.4. The number of hydrogen-bond acceptors (Lipinski definition) is 3. The summed E-state index contributed by atoms with van der Waals surface area (Å²) in [5.74, 6) is -2.52. The highest BCUT2D eigenvalue weighted by Gasteiger charge is 2.39. The average Bonchev–Trinajstić information content (AvgIpc) is 2.49. The fourth-order valence-electron chi connectivity index (χ4n) is 1.88. The molecule has 0 amide bonds. The lowest BCUT2D eigenvalue weighted by molar-refractivity contribution is -0.0885. The maximum Gasteiger partial charge on any atom is 0.454 e. The molecule has 0 fully saturated rings. The van der Waals surface area contributed by atoms with E-state index in [0.717, 1.165) is 44.2 Å². The molecule has 1 aromatic rings. The van der Waals surface area contributed by atoms with Crippen molar-refractivity contribution < 1.29 is 27.5 Å². The molecule has 122 valence electrons. The summed E-state index contributed by atoms with van der Waals surface area (Å²) < 4.78 is 41.8. The van der Waals surface area contributed by atoms with E-state index in [0.29, 0.717) is 0 Å². The molecular formula is C16H19F3O3. The Kier molecular flexibility index (Phi) is 7.08. The van der Waals surface area contributed by atoms with Gasteiger partial charge in [0.15, 0.2) is 0 Å². The number of unbranched alkanes of at least 4 members (excludes halogenated alkanes) is 4. The van der Waals surface area contributed by atoms with Crippen molar-refractivity contribution >= 4 is 11.8 Å². The van der Waals surface area contributed by atoms with Gasteiger partial charge in [0.2, 0.25) is 0 Å². The van der Waals surface area contributed by atoms with Gasteiger partial charge in [-0.3, -0.25) is 4.79 Å². The number of rotatable bonds is 8. The molecule has 0 aliphatic carbocycles. The lowest BCUT2D eigenvalue weighted by atomic mass is 10.1. The van der Waals surface area contributed by atoms with Crippen LogP contribution in [0.15, 0.2) is 24.3 Å². The molecule has 0 aliphatic rings. The van der Waals surface area contributed by atoms with E-state index < -0.39 is 23.5 Å². The number of ketones is 1. The minimum Gasteiger partial charge on any atom is -0.462 e. The van der Waals surface area contributed by atoms with E-state index in [1.807, 2.05) is 0 Å². The highest BCUT2D eigenvalue weighted by Crippen LogP contribution is 2.21. The van der Waals surface area contributed by atoms with E-state index in [4.69, 9.17) is 4.74 Å². The van der Waals surface area contributed by atoms with Gasteiger partial charge in [-0.15, -0.1) is 0 Å². The average molecular weight is 316 g/mol. The van der Waals surface area contributed by atoms with Gasteiger partial charge in [0, 0.05) is 5.56 Å². The number of hydrogen-bond donors (Lipinski definition) is 0. The second kappa shape index (κ2) is 8.56. The van der Waals surface area contributed by atoms with Crippen molar-refractivity contribution in [3.63, 3.8) is 0 Å². The molecule has 0 saturated carbocycles.